The van der Waals surface area contributed by atoms with Gasteiger partial charge in [0.25, 0.3) is 17.7 Å². The second kappa shape index (κ2) is 10.7. The number of hydrogen-bond acceptors (Lipinski definition) is 4. The van der Waals surface area contributed by atoms with Gasteiger partial charge in [-0.1, -0.05) is 45.9 Å². The number of rotatable bonds is 9. The van der Waals surface area contributed by atoms with Crippen LogP contribution in [0, 0.1) is 0 Å². The summed E-state index contributed by atoms with van der Waals surface area (Å²) >= 11 is 0. The first kappa shape index (κ1) is 26.6. The Bertz CT molecular complexity index is 1080. The summed E-state index contributed by atoms with van der Waals surface area (Å²) in [4.78, 5) is 43.4. The Morgan fingerprint density at radius 1 is 0.829 bits per heavy atom. The molecule has 0 saturated carbocycles. The minimum atomic E-state index is -0.375. The molecule has 0 radical (unpaired) electrons. The highest BCUT2D eigenvalue weighted by Crippen LogP contribution is 2.39. The van der Waals surface area contributed by atoms with Crippen LogP contribution in [0.15, 0.2) is 36.4 Å². The average Bonchev–Trinajstić information content (AvgIpc) is 3.04. The molecule has 3 amide bonds. The summed E-state index contributed by atoms with van der Waals surface area (Å²) in [5.74, 6) is -0.669. The summed E-state index contributed by atoms with van der Waals surface area (Å²) < 4.78 is 0. The van der Waals surface area contributed by atoms with Crippen molar-refractivity contribution in [3.8, 4) is 0 Å². The Balaban J connectivity index is 1.88. The van der Waals surface area contributed by atoms with Crippen LogP contribution in [0.3, 0.4) is 0 Å². The molecule has 0 bridgehead atoms. The molecule has 1 N–H and O–H groups in total. The largest absolute Gasteiger partial charge is 0.351 e. The van der Waals surface area contributed by atoms with E-state index >= 15 is 0 Å². The normalized spacial score (nSPS) is 13.7. The average molecular weight is 478 g/mol. The molecule has 0 unspecified atom stereocenters. The fourth-order valence-corrected chi connectivity index (χ4v) is 4.87. The van der Waals surface area contributed by atoms with Crippen LogP contribution in [-0.4, -0.2) is 47.8 Å². The number of imide groups is 1. The van der Waals surface area contributed by atoms with Crippen molar-refractivity contribution in [1.82, 2.24) is 10.2 Å². The Labute approximate surface area is 209 Å². The van der Waals surface area contributed by atoms with Gasteiger partial charge in [0.05, 0.1) is 16.8 Å². The van der Waals surface area contributed by atoms with Gasteiger partial charge in [-0.25, -0.2) is 4.90 Å². The molecule has 3 rings (SSSR count). The van der Waals surface area contributed by atoms with Crippen molar-refractivity contribution in [2.45, 2.75) is 79.3 Å². The van der Waals surface area contributed by atoms with Crippen LogP contribution in [0.1, 0.15) is 109 Å². The third-order valence-electron chi connectivity index (χ3n) is 6.70. The number of carbonyl (C=O) groups is 3. The van der Waals surface area contributed by atoms with Gasteiger partial charge in [0, 0.05) is 30.7 Å². The smallest absolute Gasteiger partial charge is 0.266 e. The highest BCUT2D eigenvalue weighted by atomic mass is 16.2. The summed E-state index contributed by atoms with van der Waals surface area (Å²) in [6.07, 6.45) is 0. The van der Waals surface area contributed by atoms with Crippen LogP contribution in [0.5, 0.6) is 0 Å². The number of hydrogen-bond donors (Lipinski definition) is 1. The van der Waals surface area contributed by atoms with E-state index in [0.717, 1.165) is 17.7 Å². The van der Waals surface area contributed by atoms with Crippen LogP contribution in [0.2, 0.25) is 0 Å². The molecule has 0 aliphatic carbocycles. The number of para-hydroxylation sites is 1. The van der Waals surface area contributed by atoms with E-state index in [1.165, 1.54) is 4.90 Å². The molecule has 2 aromatic rings. The Morgan fingerprint density at radius 3 is 1.89 bits per heavy atom. The predicted octanol–water partition coefficient (Wildman–Crippen LogP) is 5.58. The van der Waals surface area contributed by atoms with E-state index in [2.05, 4.69) is 65.6 Å². The molecular weight excluding hydrogens is 438 g/mol. The van der Waals surface area contributed by atoms with Crippen molar-refractivity contribution in [2.24, 2.45) is 0 Å². The van der Waals surface area contributed by atoms with Gasteiger partial charge < -0.3 is 5.32 Å². The number of carbonyl (C=O) groups excluding carboxylic acids is 3. The summed E-state index contributed by atoms with van der Waals surface area (Å²) in [5, 5.41) is 2.96. The molecule has 0 spiro atoms. The third-order valence-corrected chi connectivity index (χ3v) is 6.70. The molecule has 35 heavy (non-hydrogen) atoms. The summed E-state index contributed by atoms with van der Waals surface area (Å²) in [7, 11) is 0. The van der Waals surface area contributed by atoms with Crippen LogP contribution >= 0.6 is 0 Å². The standard InChI is InChI=1S/C29H39N3O3/c1-17(2)22-10-9-11-23(18(3)4)26(22)32-28(34)24-13-12-21(16-25(24)29(32)35)27(33)30-14-15-31(19(5)6)20(7)8/h9-13,16-20H,14-15H2,1-8H3,(H,30,33). The van der Waals surface area contributed by atoms with Crippen molar-refractivity contribution in [3.63, 3.8) is 0 Å². The summed E-state index contributed by atoms with van der Waals surface area (Å²) in [5.41, 5.74) is 3.60. The van der Waals surface area contributed by atoms with Crippen LogP contribution in [-0.2, 0) is 0 Å². The maximum absolute atomic E-state index is 13.6. The van der Waals surface area contributed by atoms with Crippen molar-refractivity contribution < 1.29 is 14.4 Å². The monoisotopic (exact) mass is 477 g/mol. The van der Waals surface area contributed by atoms with Gasteiger partial charge in [-0.3, -0.25) is 19.3 Å². The quantitative estimate of drug-likeness (QED) is 0.479. The molecule has 6 heteroatoms. The minimum absolute atomic E-state index is 0.144. The third kappa shape index (κ3) is 5.32. The first-order chi connectivity index (χ1) is 16.5. The van der Waals surface area contributed by atoms with Crippen molar-refractivity contribution in [2.75, 3.05) is 18.0 Å². The zero-order valence-corrected chi connectivity index (χ0v) is 22.3. The maximum atomic E-state index is 13.6. The number of nitrogens with one attached hydrogen (secondary N) is 1. The van der Waals surface area contributed by atoms with Crippen molar-refractivity contribution >= 4 is 23.4 Å². The Hall–Kier alpha value is -2.99. The molecule has 1 aliphatic heterocycles. The molecule has 2 aromatic carbocycles. The minimum Gasteiger partial charge on any atom is -0.351 e. The van der Waals surface area contributed by atoms with Crippen molar-refractivity contribution in [3.05, 3.63) is 64.2 Å². The molecule has 0 fully saturated rings. The fourth-order valence-electron chi connectivity index (χ4n) is 4.87. The van der Waals surface area contributed by atoms with Crippen LogP contribution < -0.4 is 10.2 Å². The predicted molar refractivity (Wildman–Crippen MR) is 142 cm³/mol. The Morgan fingerprint density at radius 2 is 1.37 bits per heavy atom. The zero-order chi connectivity index (χ0) is 26.0. The highest BCUT2D eigenvalue weighted by molar-refractivity contribution is 6.35. The highest BCUT2D eigenvalue weighted by Gasteiger charge is 2.39. The number of fused-ring (bicyclic) bond motifs is 1. The summed E-state index contributed by atoms with van der Waals surface area (Å²) in [6.45, 7) is 18.0. The Kier molecular flexibility index (Phi) is 8.16. The SMILES string of the molecule is CC(C)c1cccc(C(C)C)c1N1C(=O)c2ccc(C(=O)NCCN(C(C)C)C(C)C)cc2C1=O. The topological polar surface area (TPSA) is 69.7 Å². The van der Waals surface area contributed by atoms with Gasteiger partial charge in [0.15, 0.2) is 0 Å². The van der Waals surface area contributed by atoms with E-state index in [1.807, 2.05) is 18.2 Å². The van der Waals surface area contributed by atoms with E-state index in [4.69, 9.17) is 0 Å². The van der Waals surface area contributed by atoms with Crippen LogP contribution in [0.25, 0.3) is 0 Å². The van der Waals surface area contributed by atoms with Gasteiger partial charge in [-0.2, -0.15) is 0 Å². The lowest BCUT2D eigenvalue weighted by molar-refractivity contribution is 0.0921. The lowest BCUT2D eigenvalue weighted by atomic mass is 9.92. The molecule has 6 nitrogen and oxygen atoms in total. The lowest BCUT2D eigenvalue weighted by Crippen LogP contribution is -2.42. The van der Waals surface area contributed by atoms with Crippen molar-refractivity contribution in [1.29, 1.82) is 0 Å². The maximum Gasteiger partial charge on any atom is 0.266 e. The van der Waals surface area contributed by atoms with E-state index in [-0.39, 0.29) is 35.1 Å². The number of amides is 3. The van der Waals surface area contributed by atoms with Gasteiger partial charge in [0.2, 0.25) is 0 Å². The number of benzene rings is 2. The second-order valence-electron chi connectivity index (χ2n) is 10.5. The van der Waals surface area contributed by atoms with E-state index in [1.54, 1.807) is 18.2 Å². The number of anilines is 1. The molecule has 1 heterocycles. The molecule has 1 aliphatic rings. The van der Waals surface area contributed by atoms with Crippen LogP contribution in [0.4, 0.5) is 5.69 Å². The van der Waals surface area contributed by atoms with Gasteiger partial charge in [-0.15, -0.1) is 0 Å². The van der Waals surface area contributed by atoms with E-state index in [0.29, 0.717) is 35.4 Å². The zero-order valence-electron chi connectivity index (χ0n) is 22.3. The van der Waals surface area contributed by atoms with Gasteiger partial charge in [-0.05, 0) is 68.9 Å². The molecule has 0 atom stereocenters. The fraction of sp³-hybridized carbons (Fsp3) is 0.483. The number of nitrogens with zero attached hydrogens (tertiary/aromatic N) is 2. The van der Waals surface area contributed by atoms with Gasteiger partial charge in [0.1, 0.15) is 0 Å². The molecule has 0 aromatic heterocycles. The first-order valence-corrected chi connectivity index (χ1v) is 12.6. The summed E-state index contributed by atoms with van der Waals surface area (Å²) in [6, 6.07) is 11.5. The molecule has 188 valence electrons. The van der Waals surface area contributed by atoms with Gasteiger partial charge >= 0.3 is 0 Å². The first-order valence-electron chi connectivity index (χ1n) is 12.6. The van der Waals surface area contributed by atoms with E-state index < -0.39 is 0 Å². The molecule has 0 saturated heterocycles. The lowest BCUT2D eigenvalue weighted by Gasteiger charge is -2.30. The second-order valence-corrected chi connectivity index (χ2v) is 10.5. The van der Waals surface area contributed by atoms with E-state index in [9.17, 15) is 14.4 Å². The molecular formula is C29H39N3O3.